The average molecular weight is 251 g/mol. The number of nitrogens with two attached hydrogens (primary N) is 1. The fraction of sp³-hybridized carbons (Fsp3) is 0.462. The lowest BCUT2D eigenvalue weighted by atomic mass is 10.1. The first kappa shape index (κ1) is 13.9. The van der Waals surface area contributed by atoms with E-state index in [0.29, 0.717) is 5.96 Å². The second-order valence-corrected chi connectivity index (χ2v) is 5.97. The average Bonchev–Trinajstić information content (AvgIpc) is 2.23. The zero-order valence-electron chi connectivity index (χ0n) is 10.7. The van der Waals surface area contributed by atoms with E-state index in [4.69, 9.17) is 5.73 Å². The molecule has 3 nitrogen and oxygen atoms in total. The van der Waals surface area contributed by atoms with Crippen LogP contribution in [0.2, 0.25) is 0 Å². The van der Waals surface area contributed by atoms with E-state index in [1.807, 2.05) is 18.2 Å². The lowest BCUT2D eigenvalue weighted by molar-refractivity contribution is 0.508. The molecule has 94 valence electrons. The van der Waals surface area contributed by atoms with Crippen LogP contribution >= 0.6 is 11.8 Å². The van der Waals surface area contributed by atoms with E-state index >= 15 is 0 Å². The molecule has 1 rings (SSSR count). The zero-order chi connectivity index (χ0) is 12.7. The van der Waals surface area contributed by atoms with Gasteiger partial charge in [-0.15, -0.1) is 11.8 Å². The van der Waals surface area contributed by atoms with Crippen molar-refractivity contribution in [3.8, 4) is 0 Å². The Kier molecular flexibility index (Phi) is 5.35. The predicted octanol–water partition coefficient (Wildman–Crippen LogP) is 2.48. The van der Waals surface area contributed by atoms with Gasteiger partial charge in [-0.1, -0.05) is 18.2 Å². The highest BCUT2D eigenvalue weighted by atomic mass is 32.2. The molecule has 1 aromatic rings. The van der Waals surface area contributed by atoms with Crippen molar-refractivity contribution in [2.75, 3.05) is 12.3 Å². The molecule has 0 spiro atoms. The molecule has 3 N–H and O–H groups in total. The summed E-state index contributed by atoms with van der Waals surface area (Å²) in [6.45, 7) is 6.92. The van der Waals surface area contributed by atoms with E-state index in [-0.39, 0.29) is 5.54 Å². The van der Waals surface area contributed by atoms with Crippen LogP contribution in [0, 0.1) is 0 Å². The van der Waals surface area contributed by atoms with E-state index in [1.165, 1.54) is 4.90 Å². The van der Waals surface area contributed by atoms with Gasteiger partial charge in [-0.3, -0.25) is 4.99 Å². The van der Waals surface area contributed by atoms with Gasteiger partial charge in [0, 0.05) is 16.2 Å². The molecule has 0 bridgehead atoms. The van der Waals surface area contributed by atoms with Gasteiger partial charge >= 0.3 is 0 Å². The Morgan fingerprint density at radius 1 is 1.29 bits per heavy atom. The molecule has 1 aromatic carbocycles. The molecule has 0 radical (unpaired) electrons. The number of hydrogen-bond donors (Lipinski definition) is 2. The summed E-state index contributed by atoms with van der Waals surface area (Å²) in [4.78, 5) is 5.56. The highest BCUT2D eigenvalue weighted by Gasteiger charge is 2.09. The maximum absolute atomic E-state index is 5.77. The maximum Gasteiger partial charge on any atom is 0.189 e. The summed E-state index contributed by atoms with van der Waals surface area (Å²) >= 11 is 1.79. The Balaban J connectivity index is 2.26. The van der Waals surface area contributed by atoms with Crippen LogP contribution in [0.5, 0.6) is 0 Å². The molecule has 0 aromatic heterocycles. The molecule has 0 atom stereocenters. The molecule has 0 saturated heterocycles. The number of aliphatic imine (C=N–C) groups is 1. The van der Waals surface area contributed by atoms with E-state index < -0.39 is 0 Å². The minimum atomic E-state index is -0.0276. The highest BCUT2D eigenvalue weighted by molar-refractivity contribution is 7.99. The van der Waals surface area contributed by atoms with Crippen molar-refractivity contribution in [1.29, 1.82) is 0 Å². The van der Waals surface area contributed by atoms with Crippen LogP contribution < -0.4 is 11.1 Å². The standard InChI is InChI=1S/C13H21N3S/c1-13(2,3)16-12(14)15-9-10-17-11-7-5-4-6-8-11/h4-8H,9-10H2,1-3H3,(H3,14,15,16). The van der Waals surface area contributed by atoms with Crippen molar-refractivity contribution >= 4 is 17.7 Å². The molecule has 17 heavy (non-hydrogen) atoms. The first-order chi connectivity index (χ1) is 7.97. The van der Waals surface area contributed by atoms with Crippen molar-refractivity contribution < 1.29 is 0 Å². The van der Waals surface area contributed by atoms with Gasteiger partial charge in [0.1, 0.15) is 0 Å². The van der Waals surface area contributed by atoms with E-state index in [9.17, 15) is 0 Å². The van der Waals surface area contributed by atoms with Crippen molar-refractivity contribution in [2.45, 2.75) is 31.2 Å². The van der Waals surface area contributed by atoms with E-state index in [1.54, 1.807) is 11.8 Å². The third kappa shape index (κ3) is 6.89. The smallest absolute Gasteiger partial charge is 0.189 e. The summed E-state index contributed by atoms with van der Waals surface area (Å²) in [7, 11) is 0. The second-order valence-electron chi connectivity index (χ2n) is 4.80. The third-order valence-electron chi connectivity index (χ3n) is 1.89. The monoisotopic (exact) mass is 251 g/mol. The third-order valence-corrected chi connectivity index (χ3v) is 2.88. The molecule has 0 amide bonds. The number of nitrogens with one attached hydrogen (secondary N) is 1. The normalized spacial score (nSPS) is 12.5. The first-order valence-corrected chi connectivity index (χ1v) is 6.72. The summed E-state index contributed by atoms with van der Waals surface area (Å²) in [5.41, 5.74) is 5.74. The zero-order valence-corrected chi connectivity index (χ0v) is 11.6. The summed E-state index contributed by atoms with van der Waals surface area (Å²) < 4.78 is 0. The SMILES string of the molecule is CC(C)(C)NC(N)=NCCSc1ccccc1. The van der Waals surface area contributed by atoms with Gasteiger partial charge in [0.25, 0.3) is 0 Å². The second kappa shape index (κ2) is 6.55. The van der Waals surface area contributed by atoms with Crippen molar-refractivity contribution in [2.24, 2.45) is 10.7 Å². The fourth-order valence-electron chi connectivity index (χ4n) is 1.27. The topological polar surface area (TPSA) is 50.4 Å². The van der Waals surface area contributed by atoms with Crippen molar-refractivity contribution in [1.82, 2.24) is 5.32 Å². The number of thioether (sulfide) groups is 1. The summed E-state index contributed by atoms with van der Waals surface area (Å²) in [6.07, 6.45) is 0. The lowest BCUT2D eigenvalue weighted by Gasteiger charge is -2.20. The van der Waals surface area contributed by atoms with Crippen molar-refractivity contribution in [3.05, 3.63) is 30.3 Å². The maximum atomic E-state index is 5.77. The molecular weight excluding hydrogens is 230 g/mol. The summed E-state index contributed by atoms with van der Waals surface area (Å²) in [5.74, 6) is 1.46. The molecule has 0 aliphatic rings. The number of nitrogens with zero attached hydrogens (tertiary/aromatic N) is 1. The summed E-state index contributed by atoms with van der Waals surface area (Å²) in [5, 5.41) is 3.14. The summed E-state index contributed by atoms with van der Waals surface area (Å²) in [6, 6.07) is 10.3. The number of guanidine groups is 1. The predicted molar refractivity (Wildman–Crippen MR) is 76.5 cm³/mol. The van der Waals surface area contributed by atoms with Crippen LogP contribution in [0.1, 0.15) is 20.8 Å². The number of rotatable bonds is 4. The van der Waals surface area contributed by atoms with Gasteiger partial charge in [0.15, 0.2) is 5.96 Å². The van der Waals surface area contributed by atoms with Crippen molar-refractivity contribution in [3.63, 3.8) is 0 Å². The molecular formula is C13H21N3S. The van der Waals surface area contributed by atoms with Gasteiger partial charge in [0.2, 0.25) is 0 Å². The Morgan fingerprint density at radius 2 is 1.94 bits per heavy atom. The van der Waals surface area contributed by atoms with Crippen LogP contribution in [0.4, 0.5) is 0 Å². The Bertz CT molecular complexity index is 355. The van der Waals surface area contributed by atoms with Gasteiger partial charge in [-0.2, -0.15) is 0 Å². The molecule has 4 heteroatoms. The molecule has 0 unspecified atom stereocenters. The Morgan fingerprint density at radius 3 is 2.53 bits per heavy atom. The van der Waals surface area contributed by atoms with Gasteiger partial charge in [0.05, 0.1) is 6.54 Å². The molecule has 0 saturated carbocycles. The van der Waals surface area contributed by atoms with Crippen LogP contribution in [0.15, 0.2) is 40.2 Å². The number of benzene rings is 1. The van der Waals surface area contributed by atoms with Crippen LogP contribution in [0.25, 0.3) is 0 Å². The van der Waals surface area contributed by atoms with Gasteiger partial charge in [-0.25, -0.2) is 0 Å². The minimum Gasteiger partial charge on any atom is -0.370 e. The van der Waals surface area contributed by atoms with Gasteiger partial charge < -0.3 is 11.1 Å². The minimum absolute atomic E-state index is 0.0276. The van der Waals surface area contributed by atoms with Crippen LogP contribution in [0.3, 0.4) is 0 Å². The molecule has 0 fully saturated rings. The fourth-order valence-corrected chi connectivity index (χ4v) is 2.04. The van der Waals surface area contributed by atoms with Crippen LogP contribution in [-0.2, 0) is 0 Å². The van der Waals surface area contributed by atoms with E-state index in [2.05, 4.69) is 43.2 Å². The van der Waals surface area contributed by atoms with E-state index in [0.717, 1.165) is 12.3 Å². The molecule has 0 aliphatic carbocycles. The Labute approximate surface area is 108 Å². The first-order valence-electron chi connectivity index (χ1n) is 5.73. The highest BCUT2D eigenvalue weighted by Crippen LogP contribution is 2.16. The lowest BCUT2D eigenvalue weighted by Crippen LogP contribution is -2.45. The number of hydrogen-bond acceptors (Lipinski definition) is 2. The quantitative estimate of drug-likeness (QED) is 0.374. The molecule has 0 aliphatic heterocycles. The van der Waals surface area contributed by atoms with Crippen LogP contribution in [-0.4, -0.2) is 23.8 Å². The largest absolute Gasteiger partial charge is 0.370 e. The van der Waals surface area contributed by atoms with Gasteiger partial charge in [-0.05, 0) is 32.9 Å². The molecule has 0 heterocycles. The Hall–Kier alpha value is -1.16.